The second-order valence-corrected chi connectivity index (χ2v) is 5.55. The van der Waals surface area contributed by atoms with E-state index in [1.165, 1.54) is 10.4 Å². The van der Waals surface area contributed by atoms with Crippen molar-refractivity contribution in [2.24, 2.45) is 0 Å². The van der Waals surface area contributed by atoms with Crippen molar-refractivity contribution >= 4 is 22.8 Å². The van der Waals surface area contributed by atoms with Gasteiger partial charge in [-0.2, -0.15) is 0 Å². The number of hydrogen-bond donors (Lipinski definition) is 1. The maximum atomic E-state index is 4.40. The van der Waals surface area contributed by atoms with Crippen molar-refractivity contribution < 1.29 is 0 Å². The van der Waals surface area contributed by atoms with Gasteiger partial charge in [0.1, 0.15) is 0 Å². The normalized spacial score (nSPS) is 12.2. The fourth-order valence-electron chi connectivity index (χ4n) is 1.99. The summed E-state index contributed by atoms with van der Waals surface area (Å²) in [5.41, 5.74) is 2.41. The number of pyridine rings is 1. The van der Waals surface area contributed by atoms with Gasteiger partial charge in [-0.1, -0.05) is 0 Å². The van der Waals surface area contributed by atoms with Crippen LogP contribution in [0.3, 0.4) is 0 Å². The second-order valence-electron chi connectivity index (χ2n) is 4.60. The van der Waals surface area contributed by atoms with Crippen LogP contribution in [-0.4, -0.2) is 19.1 Å². The first-order valence-electron chi connectivity index (χ1n) is 6.02. The summed E-state index contributed by atoms with van der Waals surface area (Å²) in [6.07, 6.45) is 1.82. The average Bonchev–Trinajstić information content (AvgIpc) is 2.76. The van der Waals surface area contributed by atoms with Crippen LogP contribution in [0.4, 0.5) is 11.5 Å². The number of nitrogens with one attached hydrogen (secondary N) is 1. The molecule has 0 bridgehead atoms. The van der Waals surface area contributed by atoms with E-state index < -0.39 is 0 Å². The SMILES string of the molecule is Cc1ccsc1C(C)Nc1cccnc1N(C)C. The molecule has 0 aromatic carbocycles. The molecule has 18 heavy (non-hydrogen) atoms. The molecular weight excluding hydrogens is 242 g/mol. The zero-order chi connectivity index (χ0) is 13.1. The molecule has 0 aliphatic rings. The lowest BCUT2D eigenvalue weighted by molar-refractivity contribution is 0.893. The van der Waals surface area contributed by atoms with E-state index in [4.69, 9.17) is 0 Å². The lowest BCUT2D eigenvalue weighted by Gasteiger charge is -2.20. The van der Waals surface area contributed by atoms with Crippen molar-refractivity contribution in [3.63, 3.8) is 0 Å². The maximum Gasteiger partial charge on any atom is 0.151 e. The van der Waals surface area contributed by atoms with Crippen molar-refractivity contribution in [1.29, 1.82) is 0 Å². The standard InChI is InChI=1S/C14H19N3S/c1-10-7-9-18-13(10)11(2)16-12-6-5-8-15-14(12)17(3)4/h5-9,11,16H,1-4H3. The molecule has 2 aromatic rings. The Morgan fingerprint density at radius 3 is 2.72 bits per heavy atom. The fourth-order valence-corrected chi connectivity index (χ4v) is 2.93. The number of aryl methyl sites for hydroxylation is 1. The van der Waals surface area contributed by atoms with Gasteiger partial charge in [-0.05, 0) is 43.0 Å². The molecule has 1 unspecified atom stereocenters. The molecule has 3 nitrogen and oxygen atoms in total. The van der Waals surface area contributed by atoms with Crippen LogP contribution in [0.15, 0.2) is 29.8 Å². The first-order chi connectivity index (χ1) is 8.59. The van der Waals surface area contributed by atoms with E-state index >= 15 is 0 Å². The van der Waals surface area contributed by atoms with Crippen molar-refractivity contribution in [3.05, 3.63) is 40.2 Å². The van der Waals surface area contributed by atoms with Crippen molar-refractivity contribution in [2.75, 3.05) is 24.3 Å². The Balaban J connectivity index is 2.22. The van der Waals surface area contributed by atoms with Gasteiger partial charge in [0.2, 0.25) is 0 Å². The van der Waals surface area contributed by atoms with Crippen LogP contribution < -0.4 is 10.2 Å². The highest BCUT2D eigenvalue weighted by atomic mass is 32.1. The maximum absolute atomic E-state index is 4.40. The summed E-state index contributed by atoms with van der Waals surface area (Å²) in [5.74, 6) is 0.971. The smallest absolute Gasteiger partial charge is 0.151 e. The second kappa shape index (κ2) is 5.40. The molecule has 96 valence electrons. The summed E-state index contributed by atoms with van der Waals surface area (Å²) in [5, 5.41) is 5.68. The summed E-state index contributed by atoms with van der Waals surface area (Å²) in [6, 6.07) is 6.49. The zero-order valence-electron chi connectivity index (χ0n) is 11.3. The molecule has 0 fully saturated rings. The van der Waals surface area contributed by atoms with E-state index in [-0.39, 0.29) is 0 Å². The van der Waals surface area contributed by atoms with Gasteiger partial charge in [0.25, 0.3) is 0 Å². The topological polar surface area (TPSA) is 28.2 Å². The minimum atomic E-state index is 0.299. The number of aromatic nitrogens is 1. The monoisotopic (exact) mass is 261 g/mol. The predicted octanol–water partition coefficient (Wildman–Crippen LogP) is 3.69. The highest BCUT2D eigenvalue weighted by molar-refractivity contribution is 7.10. The highest BCUT2D eigenvalue weighted by Gasteiger charge is 2.12. The van der Waals surface area contributed by atoms with E-state index in [0.29, 0.717) is 6.04 Å². The minimum absolute atomic E-state index is 0.299. The van der Waals surface area contributed by atoms with Gasteiger partial charge in [0.15, 0.2) is 5.82 Å². The zero-order valence-corrected chi connectivity index (χ0v) is 12.1. The Morgan fingerprint density at radius 2 is 2.11 bits per heavy atom. The first kappa shape index (κ1) is 12.9. The molecule has 2 aromatic heterocycles. The van der Waals surface area contributed by atoms with Crippen LogP contribution in [-0.2, 0) is 0 Å². The molecular formula is C14H19N3S. The van der Waals surface area contributed by atoms with Crippen molar-refractivity contribution in [1.82, 2.24) is 4.98 Å². The first-order valence-corrected chi connectivity index (χ1v) is 6.90. The minimum Gasteiger partial charge on any atom is -0.375 e. The summed E-state index contributed by atoms with van der Waals surface area (Å²) < 4.78 is 0. The highest BCUT2D eigenvalue weighted by Crippen LogP contribution is 2.29. The third-order valence-electron chi connectivity index (χ3n) is 2.88. The molecule has 0 amide bonds. The number of anilines is 2. The lowest BCUT2D eigenvalue weighted by Crippen LogP contribution is -2.15. The Bertz CT molecular complexity index is 519. The van der Waals surface area contributed by atoms with Crippen molar-refractivity contribution in [3.8, 4) is 0 Å². The molecule has 2 rings (SSSR count). The van der Waals surface area contributed by atoms with Gasteiger partial charge in [-0.15, -0.1) is 11.3 Å². The van der Waals surface area contributed by atoms with Crippen molar-refractivity contribution in [2.45, 2.75) is 19.9 Å². The summed E-state index contributed by atoms with van der Waals surface area (Å²) in [6.45, 7) is 4.34. The largest absolute Gasteiger partial charge is 0.375 e. The third kappa shape index (κ3) is 2.64. The molecule has 0 saturated carbocycles. The summed E-state index contributed by atoms with van der Waals surface area (Å²) in [7, 11) is 4.02. The van der Waals surface area contributed by atoms with Gasteiger partial charge in [-0.25, -0.2) is 4.98 Å². The van der Waals surface area contributed by atoms with Gasteiger partial charge in [0, 0.05) is 25.2 Å². The number of rotatable bonds is 4. The van der Waals surface area contributed by atoms with Crippen LogP contribution in [0, 0.1) is 6.92 Å². The van der Waals surface area contributed by atoms with E-state index in [1.807, 2.05) is 31.3 Å². The Labute approximate surface area is 112 Å². The van der Waals surface area contributed by atoms with Gasteiger partial charge >= 0.3 is 0 Å². The van der Waals surface area contributed by atoms with Crippen LogP contribution in [0.5, 0.6) is 0 Å². The van der Waals surface area contributed by atoms with Crippen LogP contribution >= 0.6 is 11.3 Å². The molecule has 2 heterocycles. The quantitative estimate of drug-likeness (QED) is 0.909. The molecule has 0 aliphatic heterocycles. The third-order valence-corrected chi connectivity index (χ3v) is 4.08. The molecule has 0 radical (unpaired) electrons. The molecule has 4 heteroatoms. The number of thiophene rings is 1. The average molecular weight is 261 g/mol. The molecule has 0 saturated heterocycles. The van der Waals surface area contributed by atoms with Gasteiger partial charge < -0.3 is 10.2 Å². The summed E-state index contributed by atoms with van der Waals surface area (Å²) in [4.78, 5) is 7.80. The summed E-state index contributed by atoms with van der Waals surface area (Å²) >= 11 is 1.79. The van der Waals surface area contributed by atoms with Gasteiger partial charge in [-0.3, -0.25) is 0 Å². The number of nitrogens with zero attached hydrogens (tertiary/aromatic N) is 2. The molecule has 1 N–H and O–H groups in total. The van der Waals surface area contributed by atoms with Crippen LogP contribution in [0.2, 0.25) is 0 Å². The van der Waals surface area contributed by atoms with Crippen LogP contribution in [0.1, 0.15) is 23.4 Å². The van der Waals surface area contributed by atoms with E-state index in [1.54, 1.807) is 11.3 Å². The Hall–Kier alpha value is -1.55. The van der Waals surface area contributed by atoms with E-state index in [9.17, 15) is 0 Å². The molecule has 0 aliphatic carbocycles. The van der Waals surface area contributed by atoms with E-state index in [2.05, 4.69) is 41.7 Å². The number of hydrogen-bond acceptors (Lipinski definition) is 4. The van der Waals surface area contributed by atoms with Crippen LogP contribution in [0.25, 0.3) is 0 Å². The van der Waals surface area contributed by atoms with Gasteiger partial charge in [0.05, 0.1) is 11.7 Å². The van der Waals surface area contributed by atoms with E-state index in [0.717, 1.165) is 11.5 Å². The Morgan fingerprint density at radius 1 is 1.33 bits per heavy atom. The molecule has 0 spiro atoms. The molecule has 1 atom stereocenters. The lowest BCUT2D eigenvalue weighted by atomic mass is 10.2. The Kier molecular flexibility index (Phi) is 3.87. The fraction of sp³-hybridized carbons (Fsp3) is 0.357. The predicted molar refractivity (Wildman–Crippen MR) is 79.7 cm³/mol.